The third-order valence-electron chi connectivity index (χ3n) is 3.03. The second-order valence-electron chi connectivity index (χ2n) is 5.24. The van der Waals surface area contributed by atoms with Crippen LogP contribution in [0.2, 0.25) is 0 Å². The van der Waals surface area contributed by atoms with Gasteiger partial charge < -0.3 is 11.1 Å². The highest BCUT2D eigenvalue weighted by atomic mass is 19.4. The van der Waals surface area contributed by atoms with Crippen molar-refractivity contribution in [1.82, 2.24) is 5.32 Å². The van der Waals surface area contributed by atoms with Crippen LogP contribution in [0.3, 0.4) is 0 Å². The number of halogens is 3. The van der Waals surface area contributed by atoms with Gasteiger partial charge in [0.25, 0.3) is 0 Å². The van der Waals surface area contributed by atoms with Gasteiger partial charge in [-0.3, -0.25) is 0 Å². The molecule has 110 valence electrons. The van der Waals surface area contributed by atoms with Crippen molar-refractivity contribution >= 4 is 0 Å². The first-order chi connectivity index (χ1) is 8.38. The lowest BCUT2D eigenvalue weighted by Gasteiger charge is -2.19. The fourth-order valence-electron chi connectivity index (χ4n) is 1.88. The van der Waals surface area contributed by atoms with Gasteiger partial charge in [0.15, 0.2) is 0 Å². The molecule has 0 aromatic rings. The molecule has 0 aliphatic carbocycles. The van der Waals surface area contributed by atoms with Gasteiger partial charge >= 0.3 is 6.18 Å². The first-order valence-electron chi connectivity index (χ1n) is 6.85. The highest BCUT2D eigenvalue weighted by Crippen LogP contribution is 2.30. The summed E-state index contributed by atoms with van der Waals surface area (Å²) in [5.74, 6) is -0.560. The minimum atomic E-state index is -4.11. The van der Waals surface area contributed by atoms with Crippen molar-refractivity contribution < 1.29 is 13.2 Å². The SMILES string of the molecule is CC(C)CCCCNCCC(CCN)C(F)(F)F. The molecule has 0 fully saturated rings. The number of hydrogen-bond acceptors (Lipinski definition) is 2. The molecule has 0 aliphatic heterocycles. The van der Waals surface area contributed by atoms with Crippen molar-refractivity contribution in [2.45, 2.75) is 52.1 Å². The molecule has 0 bridgehead atoms. The molecule has 3 N–H and O–H groups in total. The van der Waals surface area contributed by atoms with Gasteiger partial charge in [-0.25, -0.2) is 0 Å². The molecule has 2 nitrogen and oxygen atoms in total. The molecule has 0 spiro atoms. The van der Waals surface area contributed by atoms with E-state index in [9.17, 15) is 13.2 Å². The Morgan fingerprint density at radius 1 is 1.00 bits per heavy atom. The van der Waals surface area contributed by atoms with Crippen LogP contribution in [0, 0.1) is 11.8 Å². The van der Waals surface area contributed by atoms with Crippen molar-refractivity contribution in [3.8, 4) is 0 Å². The molecule has 0 saturated heterocycles. The molecule has 0 rings (SSSR count). The smallest absolute Gasteiger partial charge is 0.330 e. The molecular formula is C13H27F3N2. The van der Waals surface area contributed by atoms with Gasteiger partial charge in [0.05, 0.1) is 5.92 Å². The van der Waals surface area contributed by atoms with Crippen LogP contribution in [-0.2, 0) is 0 Å². The van der Waals surface area contributed by atoms with Gasteiger partial charge in [0.1, 0.15) is 0 Å². The van der Waals surface area contributed by atoms with Crippen LogP contribution in [0.1, 0.15) is 46.0 Å². The highest BCUT2D eigenvalue weighted by molar-refractivity contribution is 4.69. The van der Waals surface area contributed by atoms with Gasteiger partial charge in [0, 0.05) is 0 Å². The minimum absolute atomic E-state index is 0.0263. The molecule has 1 unspecified atom stereocenters. The molecule has 0 amide bonds. The van der Waals surface area contributed by atoms with Gasteiger partial charge in [-0.1, -0.05) is 26.7 Å². The van der Waals surface area contributed by atoms with E-state index >= 15 is 0 Å². The summed E-state index contributed by atoms with van der Waals surface area (Å²) in [5, 5.41) is 3.08. The standard InChI is InChI=1S/C13H27F3N2/c1-11(2)5-3-4-9-18-10-7-12(6-8-17)13(14,15)16/h11-12,18H,3-10,17H2,1-2H3. The maximum Gasteiger partial charge on any atom is 0.391 e. The second kappa shape index (κ2) is 9.62. The van der Waals surface area contributed by atoms with E-state index in [1.165, 1.54) is 6.42 Å². The summed E-state index contributed by atoms with van der Waals surface area (Å²) in [4.78, 5) is 0. The van der Waals surface area contributed by atoms with Crippen LogP contribution in [0.25, 0.3) is 0 Å². The van der Waals surface area contributed by atoms with Crippen molar-refractivity contribution in [2.75, 3.05) is 19.6 Å². The van der Waals surface area contributed by atoms with E-state index in [0.717, 1.165) is 19.4 Å². The Morgan fingerprint density at radius 2 is 1.67 bits per heavy atom. The van der Waals surface area contributed by atoms with Crippen molar-refractivity contribution in [2.24, 2.45) is 17.6 Å². The van der Waals surface area contributed by atoms with Crippen LogP contribution >= 0.6 is 0 Å². The molecule has 0 aliphatic rings. The average Bonchev–Trinajstić information content (AvgIpc) is 2.24. The summed E-state index contributed by atoms with van der Waals surface area (Å²) in [5.41, 5.74) is 5.20. The van der Waals surface area contributed by atoms with E-state index in [2.05, 4.69) is 19.2 Å². The van der Waals surface area contributed by atoms with Gasteiger partial charge in [-0.15, -0.1) is 0 Å². The van der Waals surface area contributed by atoms with Gasteiger partial charge in [-0.2, -0.15) is 13.2 Å². The van der Waals surface area contributed by atoms with E-state index in [1.54, 1.807) is 0 Å². The summed E-state index contributed by atoms with van der Waals surface area (Å²) in [6, 6.07) is 0. The lowest BCUT2D eigenvalue weighted by atomic mass is 10.0. The number of nitrogens with two attached hydrogens (primary N) is 1. The zero-order chi connectivity index (χ0) is 14.0. The Balaban J connectivity index is 3.56. The zero-order valence-electron chi connectivity index (χ0n) is 11.5. The summed E-state index contributed by atoms with van der Waals surface area (Å²) >= 11 is 0. The van der Waals surface area contributed by atoms with Gasteiger partial charge in [-0.05, 0) is 44.8 Å². The maximum absolute atomic E-state index is 12.5. The minimum Gasteiger partial charge on any atom is -0.330 e. The van der Waals surface area contributed by atoms with E-state index in [4.69, 9.17) is 5.73 Å². The Kier molecular flexibility index (Phi) is 9.46. The fourth-order valence-corrected chi connectivity index (χ4v) is 1.88. The van der Waals surface area contributed by atoms with Crippen LogP contribution in [-0.4, -0.2) is 25.8 Å². The van der Waals surface area contributed by atoms with Gasteiger partial charge in [0.2, 0.25) is 0 Å². The lowest BCUT2D eigenvalue weighted by Crippen LogP contribution is -2.29. The molecular weight excluding hydrogens is 241 g/mol. The number of rotatable bonds is 10. The highest BCUT2D eigenvalue weighted by Gasteiger charge is 2.37. The molecule has 18 heavy (non-hydrogen) atoms. The molecule has 0 aromatic carbocycles. The lowest BCUT2D eigenvalue weighted by molar-refractivity contribution is -0.177. The van der Waals surface area contributed by atoms with Crippen molar-refractivity contribution in [3.05, 3.63) is 0 Å². The third-order valence-corrected chi connectivity index (χ3v) is 3.03. The third kappa shape index (κ3) is 9.71. The monoisotopic (exact) mass is 268 g/mol. The number of alkyl halides is 3. The Hall–Kier alpha value is -0.290. The van der Waals surface area contributed by atoms with Crippen molar-refractivity contribution in [1.29, 1.82) is 0 Å². The largest absolute Gasteiger partial charge is 0.391 e. The van der Waals surface area contributed by atoms with E-state index in [1.807, 2.05) is 0 Å². The molecule has 0 heterocycles. The summed E-state index contributed by atoms with van der Waals surface area (Å²) in [6.07, 6.45) is -0.607. The number of nitrogens with one attached hydrogen (secondary N) is 1. The van der Waals surface area contributed by atoms with Crippen LogP contribution in [0.5, 0.6) is 0 Å². The van der Waals surface area contributed by atoms with Crippen LogP contribution in [0.15, 0.2) is 0 Å². The molecule has 0 aromatic heterocycles. The topological polar surface area (TPSA) is 38.0 Å². The quantitative estimate of drug-likeness (QED) is 0.596. The predicted molar refractivity (Wildman–Crippen MR) is 69.4 cm³/mol. The number of hydrogen-bond donors (Lipinski definition) is 2. The van der Waals surface area contributed by atoms with Crippen molar-refractivity contribution in [3.63, 3.8) is 0 Å². The van der Waals surface area contributed by atoms with E-state index in [-0.39, 0.29) is 19.4 Å². The molecule has 1 atom stereocenters. The second-order valence-corrected chi connectivity index (χ2v) is 5.24. The first kappa shape index (κ1) is 17.7. The van der Waals surface area contributed by atoms with E-state index < -0.39 is 12.1 Å². The van der Waals surface area contributed by atoms with Crippen LogP contribution < -0.4 is 11.1 Å². The normalized spacial score (nSPS) is 14.2. The Bertz CT molecular complexity index is 193. The van der Waals surface area contributed by atoms with E-state index in [0.29, 0.717) is 12.5 Å². The predicted octanol–water partition coefficient (Wildman–Crippen LogP) is 3.32. The Labute approximate surface area is 109 Å². The molecule has 0 radical (unpaired) electrons. The number of unbranched alkanes of at least 4 members (excludes halogenated alkanes) is 1. The summed E-state index contributed by atoms with van der Waals surface area (Å²) < 4.78 is 37.6. The zero-order valence-corrected chi connectivity index (χ0v) is 11.5. The average molecular weight is 268 g/mol. The fraction of sp³-hybridized carbons (Fsp3) is 1.00. The first-order valence-corrected chi connectivity index (χ1v) is 6.85. The molecule has 0 saturated carbocycles. The summed E-state index contributed by atoms with van der Waals surface area (Å²) in [7, 11) is 0. The Morgan fingerprint density at radius 3 is 2.17 bits per heavy atom. The molecule has 5 heteroatoms. The van der Waals surface area contributed by atoms with Crippen LogP contribution in [0.4, 0.5) is 13.2 Å². The maximum atomic E-state index is 12.5. The summed E-state index contributed by atoms with van der Waals surface area (Å²) in [6.45, 7) is 5.67.